The first-order valence-electron chi connectivity index (χ1n) is 10.8. The van der Waals surface area contributed by atoms with E-state index in [1.165, 1.54) is 16.7 Å². The molecular weight excluding hydrogens is 426 g/mol. The number of thioether (sulfide) groups is 1. The Morgan fingerprint density at radius 1 is 1.06 bits per heavy atom. The minimum absolute atomic E-state index is 0.0144. The number of methoxy groups -OCH3 is 1. The molecule has 1 N–H and O–H groups in total. The molecule has 4 rings (SSSR count). The summed E-state index contributed by atoms with van der Waals surface area (Å²) < 4.78 is 5.14. The quantitative estimate of drug-likeness (QED) is 0.727. The molecular formula is C24H27N3O4S. The molecule has 168 valence electrons. The minimum atomic E-state index is -0.250. The van der Waals surface area contributed by atoms with Crippen LogP contribution in [0.5, 0.6) is 5.75 Å². The van der Waals surface area contributed by atoms with Crippen LogP contribution in [0.2, 0.25) is 0 Å². The zero-order valence-corrected chi connectivity index (χ0v) is 19.0. The van der Waals surface area contributed by atoms with E-state index in [0.29, 0.717) is 17.8 Å². The second-order valence-corrected chi connectivity index (χ2v) is 8.95. The molecule has 32 heavy (non-hydrogen) atoms. The summed E-state index contributed by atoms with van der Waals surface area (Å²) in [7, 11) is 1.61. The smallest absolute Gasteiger partial charge is 0.253 e. The van der Waals surface area contributed by atoms with Gasteiger partial charge in [-0.2, -0.15) is 0 Å². The Morgan fingerprint density at radius 2 is 1.81 bits per heavy atom. The lowest BCUT2D eigenvalue weighted by Crippen LogP contribution is -2.43. The third kappa shape index (κ3) is 5.07. The van der Waals surface area contributed by atoms with Gasteiger partial charge in [-0.25, -0.2) is 0 Å². The zero-order valence-electron chi connectivity index (χ0n) is 18.1. The highest BCUT2D eigenvalue weighted by atomic mass is 32.2. The van der Waals surface area contributed by atoms with Crippen molar-refractivity contribution in [2.75, 3.05) is 37.4 Å². The van der Waals surface area contributed by atoms with Crippen LogP contribution in [0.3, 0.4) is 0 Å². The summed E-state index contributed by atoms with van der Waals surface area (Å²) in [5.74, 6) is 0.630. The number of ether oxygens (including phenoxy) is 1. The van der Waals surface area contributed by atoms with Gasteiger partial charge in [-0.3, -0.25) is 14.4 Å². The lowest BCUT2D eigenvalue weighted by atomic mass is 10.1. The monoisotopic (exact) mass is 453 g/mol. The Hall–Kier alpha value is -3.00. The number of hydrogen-bond donors (Lipinski definition) is 1. The number of fused-ring (bicyclic) bond motifs is 1. The number of benzene rings is 2. The third-order valence-electron chi connectivity index (χ3n) is 5.74. The molecule has 8 heteroatoms. The Balaban J connectivity index is 1.45. The maximum Gasteiger partial charge on any atom is 0.253 e. The molecule has 1 saturated heterocycles. The van der Waals surface area contributed by atoms with E-state index in [9.17, 15) is 14.4 Å². The molecule has 0 aromatic heterocycles. The van der Waals surface area contributed by atoms with Crippen LogP contribution in [0.25, 0.3) is 0 Å². The average Bonchev–Trinajstić information content (AvgIpc) is 2.84. The average molecular weight is 454 g/mol. The van der Waals surface area contributed by atoms with E-state index >= 15 is 0 Å². The number of amides is 3. The van der Waals surface area contributed by atoms with Gasteiger partial charge >= 0.3 is 0 Å². The highest BCUT2D eigenvalue weighted by Crippen LogP contribution is 2.36. The Labute approximate surface area is 192 Å². The lowest BCUT2D eigenvalue weighted by Gasteiger charge is -2.30. The molecule has 2 aliphatic heterocycles. The van der Waals surface area contributed by atoms with E-state index in [4.69, 9.17) is 4.74 Å². The van der Waals surface area contributed by atoms with Crippen LogP contribution in [0.15, 0.2) is 47.4 Å². The molecule has 2 aromatic rings. The molecule has 0 radical (unpaired) electrons. The van der Waals surface area contributed by atoms with Crippen LogP contribution in [-0.2, 0) is 16.1 Å². The molecule has 0 unspecified atom stereocenters. The van der Waals surface area contributed by atoms with Crippen LogP contribution in [0.1, 0.15) is 35.2 Å². The normalized spacial score (nSPS) is 15.8. The van der Waals surface area contributed by atoms with Crippen LogP contribution in [0.4, 0.5) is 5.69 Å². The van der Waals surface area contributed by atoms with Gasteiger partial charge in [0.25, 0.3) is 5.91 Å². The fourth-order valence-corrected chi connectivity index (χ4v) is 4.85. The molecule has 1 fully saturated rings. The highest BCUT2D eigenvalue weighted by Gasteiger charge is 2.28. The minimum Gasteiger partial charge on any atom is -0.497 e. The number of anilines is 1. The van der Waals surface area contributed by atoms with Crippen molar-refractivity contribution in [3.05, 3.63) is 53.6 Å². The second kappa shape index (κ2) is 10.1. The first-order valence-corrected chi connectivity index (χ1v) is 11.8. The third-order valence-corrected chi connectivity index (χ3v) is 6.79. The lowest BCUT2D eigenvalue weighted by molar-refractivity contribution is -0.123. The Morgan fingerprint density at radius 3 is 2.53 bits per heavy atom. The Bertz CT molecular complexity index is 1000. The largest absolute Gasteiger partial charge is 0.497 e. The number of hydrogen-bond acceptors (Lipinski definition) is 5. The maximum atomic E-state index is 12.9. The molecule has 3 amide bonds. The van der Waals surface area contributed by atoms with Gasteiger partial charge in [0, 0.05) is 30.1 Å². The predicted octanol–water partition coefficient (Wildman–Crippen LogP) is 3.08. The predicted molar refractivity (Wildman–Crippen MR) is 124 cm³/mol. The fraction of sp³-hybridized carbons (Fsp3) is 0.375. The van der Waals surface area contributed by atoms with Gasteiger partial charge in [0.1, 0.15) is 12.3 Å². The summed E-state index contributed by atoms with van der Waals surface area (Å²) >= 11 is 1.44. The topological polar surface area (TPSA) is 79.0 Å². The van der Waals surface area contributed by atoms with Gasteiger partial charge in [-0.1, -0.05) is 12.1 Å². The number of rotatable bonds is 6. The summed E-state index contributed by atoms with van der Waals surface area (Å²) in [5.41, 5.74) is 2.13. The molecule has 0 atom stereocenters. The summed E-state index contributed by atoms with van der Waals surface area (Å²) in [4.78, 5) is 42.4. The SMILES string of the molecule is COc1ccc(CNC(=O)CN2C(=O)CSc3ccc(C(=O)N4CCCCC4)cc32)cc1. The van der Waals surface area contributed by atoms with Crippen LogP contribution in [-0.4, -0.2) is 55.1 Å². The van der Waals surface area contributed by atoms with E-state index < -0.39 is 0 Å². The van der Waals surface area contributed by atoms with Crippen molar-refractivity contribution in [3.63, 3.8) is 0 Å². The van der Waals surface area contributed by atoms with Crippen molar-refractivity contribution in [1.82, 2.24) is 10.2 Å². The molecule has 0 bridgehead atoms. The molecule has 0 aliphatic carbocycles. The van der Waals surface area contributed by atoms with Crippen LogP contribution < -0.4 is 15.0 Å². The number of piperidine rings is 1. The summed E-state index contributed by atoms with van der Waals surface area (Å²) in [5, 5.41) is 2.87. The summed E-state index contributed by atoms with van der Waals surface area (Å²) in [6.45, 7) is 1.81. The van der Waals surface area contributed by atoms with Crippen molar-refractivity contribution in [2.45, 2.75) is 30.7 Å². The maximum absolute atomic E-state index is 12.9. The van der Waals surface area contributed by atoms with E-state index in [-0.39, 0.29) is 30.0 Å². The van der Waals surface area contributed by atoms with Gasteiger partial charge in [-0.05, 0) is 55.2 Å². The standard InChI is InChI=1S/C24H27N3O4S/c1-31-19-8-5-17(6-9-19)14-25-22(28)15-27-20-13-18(7-10-21(20)32-16-23(27)29)24(30)26-11-3-2-4-12-26/h5-10,13H,2-4,11-12,14-16H2,1H3,(H,25,28). The molecule has 0 saturated carbocycles. The molecule has 7 nitrogen and oxygen atoms in total. The van der Waals surface area contributed by atoms with Crippen LogP contribution >= 0.6 is 11.8 Å². The fourth-order valence-electron chi connectivity index (χ4n) is 3.93. The number of nitrogens with zero attached hydrogens (tertiary/aromatic N) is 2. The van der Waals surface area contributed by atoms with Gasteiger partial charge in [0.15, 0.2) is 0 Å². The van der Waals surface area contributed by atoms with Gasteiger partial charge in [-0.15, -0.1) is 11.8 Å². The molecule has 2 heterocycles. The number of nitrogens with one attached hydrogen (secondary N) is 1. The van der Waals surface area contributed by atoms with Crippen molar-refractivity contribution in [2.24, 2.45) is 0 Å². The number of carbonyl (C=O) groups excluding carboxylic acids is 3. The second-order valence-electron chi connectivity index (χ2n) is 7.93. The molecule has 2 aromatic carbocycles. The van der Waals surface area contributed by atoms with Crippen molar-refractivity contribution >= 4 is 35.2 Å². The van der Waals surface area contributed by atoms with E-state index in [1.807, 2.05) is 41.3 Å². The van der Waals surface area contributed by atoms with Crippen molar-refractivity contribution < 1.29 is 19.1 Å². The van der Waals surface area contributed by atoms with Crippen molar-refractivity contribution in [3.8, 4) is 5.75 Å². The van der Waals surface area contributed by atoms with Crippen LogP contribution in [0, 0.1) is 0 Å². The highest BCUT2D eigenvalue weighted by molar-refractivity contribution is 8.00. The van der Waals surface area contributed by atoms with E-state index in [0.717, 1.165) is 48.6 Å². The van der Waals surface area contributed by atoms with Gasteiger partial charge in [0.05, 0.1) is 18.6 Å². The summed E-state index contributed by atoms with van der Waals surface area (Å²) in [6, 6.07) is 12.9. The Kier molecular flexibility index (Phi) is 6.99. The summed E-state index contributed by atoms with van der Waals surface area (Å²) in [6.07, 6.45) is 3.19. The number of likely N-dealkylation sites (tertiary alicyclic amines) is 1. The first-order chi connectivity index (χ1) is 15.5. The first kappa shape index (κ1) is 22.2. The van der Waals surface area contributed by atoms with Crippen molar-refractivity contribution in [1.29, 1.82) is 0 Å². The molecule has 0 spiro atoms. The molecule has 2 aliphatic rings. The zero-order chi connectivity index (χ0) is 22.5. The van der Waals surface area contributed by atoms with Gasteiger partial charge < -0.3 is 19.9 Å². The van der Waals surface area contributed by atoms with E-state index in [1.54, 1.807) is 13.2 Å². The van der Waals surface area contributed by atoms with Gasteiger partial charge in [0.2, 0.25) is 11.8 Å². The number of carbonyl (C=O) groups is 3. The van der Waals surface area contributed by atoms with E-state index in [2.05, 4.69) is 5.32 Å².